The Bertz CT molecular complexity index is 673. The Morgan fingerprint density at radius 2 is 2.00 bits per heavy atom. The number of likely N-dealkylation sites (tertiary alicyclic amines) is 1. The SMILES string of the molecule is O=C(NCC(F)(F)F)C1CCN(Cc2nc3ccccc3o2)CC1. The molecule has 1 aromatic carbocycles. The molecule has 0 spiro atoms. The molecule has 3 rings (SSSR count). The van der Waals surface area contributed by atoms with Gasteiger partial charge in [-0.2, -0.15) is 13.2 Å². The van der Waals surface area contributed by atoms with E-state index in [4.69, 9.17) is 4.42 Å². The van der Waals surface area contributed by atoms with Crippen LogP contribution in [0.15, 0.2) is 28.7 Å². The monoisotopic (exact) mass is 341 g/mol. The summed E-state index contributed by atoms with van der Waals surface area (Å²) in [5.74, 6) is -0.280. The number of alkyl halides is 3. The zero-order chi connectivity index (χ0) is 17.2. The molecule has 0 saturated carbocycles. The second-order valence-corrected chi connectivity index (χ2v) is 5.96. The van der Waals surface area contributed by atoms with Crippen molar-refractivity contribution in [3.63, 3.8) is 0 Å². The number of para-hydroxylation sites is 2. The maximum absolute atomic E-state index is 12.1. The molecule has 1 fully saturated rings. The van der Waals surface area contributed by atoms with Crippen LogP contribution in [0.5, 0.6) is 0 Å². The van der Waals surface area contributed by atoms with Crippen molar-refractivity contribution in [1.29, 1.82) is 0 Å². The van der Waals surface area contributed by atoms with Crippen molar-refractivity contribution in [2.24, 2.45) is 5.92 Å². The van der Waals surface area contributed by atoms with Crippen molar-refractivity contribution in [2.75, 3.05) is 19.6 Å². The molecule has 5 nitrogen and oxygen atoms in total. The number of nitrogens with one attached hydrogen (secondary N) is 1. The molecular formula is C16H18F3N3O2. The first-order valence-electron chi connectivity index (χ1n) is 7.82. The molecule has 0 radical (unpaired) electrons. The highest BCUT2D eigenvalue weighted by Crippen LogP contribution is 2.21. The molecule has 0 bridgehead atoms. The first kappa shape index (κ1) is 16.8. The highest BCUT2D eigenvalue weighted by molar-refractivity contribution is 5.78. The summed E-state index contributed by atoms with van der Waals surface area (Å²) >= 11 is 0. The topological polar surface area (TPSA) is 58.4 Å². The molecule has 2 aromatic rings. The second-order valence-electron chi connectivity index (χ2n) is 5.96. The van der Waals surface area contributed by atoms with Crippen molar-refractivity contribution in [2.45, 2.75) is 25.6 Å². The third kappa shape index (κ3) is 4.25. The molecule has 1 amide bonds. The number of benzene rings is 1. The number of nitrogens with zero attached hydrogens (tertiary/aromatic N) is 2. The van der Waals surface area contributed by atoms with Gasteiger partial charge in [0.1, 0.15) is 12.1 Å². The molecule has 24 heavy (non-hydrogen) atoms. The average molecular weight is 341 g/mol. The lowest BCUT2D eigenvalue weighted by molar-refractivity contribution is -0.141. The van der Waals surface area contributed by atoms with E-state index >= 15 is 0 Å². The zero-order valence-electron chi connectivity index (χ0n) is 13.0. The highest BCUT2D eigenvalue weighted by Gasteiger charge is 2.31. The van der Waals surface area contributed by atoms with Crippen molar-refractivity contribution in [1.82, 2.24) is 15.2 Å². The Kier molecular flexibility index (Phi) is 4.75. The van der Waals surface area contributed by atoms with Gasteiger partial charge in [-0.25, -0.2) is 4.98 Å². The molecule has 0 unspecified atom stereocenters. The van der Waals surface area contributed by atoms with E-state index in [1.165, 1.54) is 0 Å². The summed E-state index contributed by atoms with van der Waals surface area (Å²) < 4.78 is 42.1. The van der Waals surface area contributed by atoms with Crippen LogP contribution in [-0.2, 0) is 11.3 Å². The smallest absolute Gasteiger partial charge is 0.405 e. The minimum atomic E-state index is -4.37. The molecule has 1 aliphatic rings. The van der Waals surface area contributed by atoms with Gasteiger partial charge in [0, 0.05) is 5.92 Å². The first-order valence-corrected chi connectivity index (χ1v) is 7.82. The van der Waals surface area contributed by atoms with Gasteiger partial charge in [0.05, 0.1) is 6.54 Å². The number of fused-ring (bicyclic) bond motifs is 1. The first-order chi connectivity index (χ1) is 11.4. The van der Waals surface area contributed by atoms with Crippen LogP contribution in [0.2, 0.25) is 0 Å². The van der Waals surface area contributed by atoms with Gasteiger partial charge in [0.2, 0.25) is 11.8 Å². The molecule has 1 aliphatic heterocycles. The van der Waals surface area contributed by atoms with Crippen molar-refractivity contribution in [3.05, 3.63) is 30.2 Å². The molecule has 1 aromatic heterocycles. The Labute approximate surface area is 136 Å². The van der Waals surface area contributed by atoms with Crippen LogP contribution in [0.3, 0.4) is 0 Å². The van der Waals surface area contributed by atoms with E-state index in [1.54, 1.807) is 0 Å². The average Bonchev–Trinajstić information content (AvgIpc) is 2.95. The maximum Gasteiger partial charge on any atom is 0.405 e. The molecule has 8 heteroatoms. The van der Waals surface area contributed by atoms with Crippen LogP contribution in [0.4, 0.5) is 13.2 Å². The summed E-state index contributed by atoms with van der Waals surface area (Å²) in [5, 5.41) is 1.96. The number of piperidine rings is 1. The van der Waals surface area contributed by atoms with E-state index in [0.29, 0.717) is 38.4 Å². The Hall–Kier alpha value is -2.09. The number of halogens is 3. The number of carbonyl (C=O) groups is 1. The second kappa shape index (κ2) is 6.80. The summed E-state index contributed by atoms with van der Waals surface area (Å²) in [4.78, 5) is 18.3. The zero-order valence-corrected chi connectivity index (χ0v) is 13.0. The standard InChI is InChI=1S/C16H18F3N3O2/c17-16(18,19)10-20-15(23)11-5-7-22(8-6-11)9-14-21-12-3-1-2-4-13(12)24-14/h1-4,11H,5-10H2,(H,20,23). The van der Waals surface area contributed by atoms with Gasteiger partial charge in [0.25, 0.3) is 0 Å². The number of oxazole rings is 1. The summed E-state index contributed by atoms with van der Waals surface area (Å²) in [6, 6.07) is 7.49. The predicted octanol–water partition coefficient (Wildman–Crippen LogP) is 2.72. The van der Waals surface area contributed by atoms with Crippen LogP contribution >= 0.6 is 0 Å². The number of hydrogen-bond donors (Lipinski definition) is 1. The maximum atomic E-state index is 12.1. The van der Waals surface area contributed by atoms with Crippen LogP contribution in [0.1, 0.15) is 18.7 Å². The molecule has 1 N–H and O–H groups in total. The van der Waals surface area contributed by atoms with E-state index in [1.807, 2.05) is 29.6 Å². The summed E-state index contributed by atoms with van der Waals surface area (Å²) in [5.41, 5.74) is 1.53. The number of rotatable bonds is 4. The largest absolute Gasteiger partial charge is 0.439 e. The van der Waals surface area contributed by atoms with Crippen molar-refractivity contribution in [3.8, 4) is 0 Å². The molecule has 130 valence electrons. The van der Waals surface area contributed by atoms with E-state index in [2.05, 4.69) is 9.88 Å². The predicted molar refractivity (Wildman–Crippen MR) is 81.1 cm³/mol. The molecule has 0 aliphatic carbocycles. The van der Waals surface area contributed by atoms with Gasteiger partial charge < -0.3 is 9.73 Å². The Morgan fingerprint density at radius 3 is 2.67 bits per heavy atom. The Balaban J connectivity index is 1.49. The fourth-order valence-electron chi connectivity index (χ4n) is 2.86. The third-order valence-corrected chi connectivity index (χ3v) is 4.12. The Morgan fingerprint density at radius 1 is 1.29 bits per heavy atom. The molecule has 2 heterocycles. The van der Waals surface area contributed by atoms with E-state index < -0.39 is 18.6 Å². The minimum Gasteiger partial charge on any atom is -0.439 e. The number of hydrogen-bond acceptors (Lipinski definition) is 4. The lowest BCUT2D eigenvalue weighted by atomic mass is 9.96. The molecule has 0 atom stereocenters. The number of aromatic nitrogens is 1. The van der Waals surface area contributed by atoms with Gasteiger partial charge in [-0.1, -0.05) is 12.1 Å². The van der Waals surface area contributed by atoms with Crippen LogP contribution < -0.4 is 5.32 Å². The normalized spacial score (nSPS) is 17.3. The van der Waals surface area contributed by atoms with Gasteiger partial charge >= 0.3 is 6.18 Å². The highest BCUT2D eigenvalue weighted by atomic mass is 19.4. The summed E-state index contributed by atoms with van der Waals surface area (Å²) in [6.07, 6.45) is -3.31. The quantitative estimate of drug-likeness (QED) is 0.929. The fraction of sp³-hybridized carbons (Fsp3) is 0.500. The van der Waals surface area contributed by atoms with Gasteiger partial charge in [0.15, 0.2) is 5.58 Å². The molecule has 1 saturated heterocycles. The number of carbonyl (C=O) groups excluding carboxylic acids is 1. The van der Waals surface area contributed by atoms with Gasteiger partial charge in [-0.15, -0.1) is 0 Å². The van der Waals surface area contributed by atoms with E-state index in [0.717, 1.165) is 11.1 Å². The minimum absolute atomic E-state index is 0.368. The summed E-state index contributed by atoms with van der Waals surface area (Å²) in [7, 11) is 0. The van der Waals surface area contributed by atoms with Crippen LogP contribution in [-0.4, -0.2) is 41.6 Å². The lowest BCUT2D eigenvalue weighted by Gasteiger charge is -2.30. The molecular weight excluding hydrogens is 323 g/mol. The number of amides is 1. The van der Waals surface area contributed by atoms with E-state index in [-0.39, 0.29) is 5.92 Å². The van der Waals surface area contributed by atoms with Crippen LogP contribution in [0.25, 0.3) is 11.1 Å². The van der Waals surface area contributed by atoms with Gasteiger partial charge in [-0.3, -0.25) is 9.69 Å². The van der Waals surface area contributed by atoms with Crippen molar-refractivity contribution >= 4 is 17.0 Å². The fourth-order valence-corrected chi connectivity index (χ4v) is 2.86. The lowest BCUT2D eigenvalue weighted by Crippen LogP contribution is -2.42. The van der Waals surface area contributed by atoms with E-state index in [9.17, 15) is 18.0 Å². The van der Waals surface area contributed by atoms with Gasteiger partial charge in [-0.05, 0) is 38.1 Å². The van der Waals surface area contributed by atoms with Crippen LogP contribution in [0, 0.1) is 5.92 Å². The third-order valence-electron chi connectivity index (χ3n) is 4.12. The van der Waals surface area contributed by atoms with Crippen molar-refractivity contribution < 1.29 is 22.4 Å². The summed E-state index contributed by atoms with van der Waals surface area (Å²) in [6.45, 7) is 0.520.